The molecule has 0 radical (unpaired) electrons. The van der Waals surface area contributed by atoms with Gasteiger partial charge in [0, 0.05) is 19.3 Å². The molecule has 0 saturated carbocycles. The van der Waals surface area contributed by atoms with Crippen LogP contribution in [0.1, 0.15) is 0 Å². The van der Waals surface area contributed by atoms with Crippen LogP contribution in [0.2, 0.25) is 0 Å². The summed E-state index contributed by atoms with van der Waals surface area (Å²) in [6, 6.07) is 5.68. The van der Waals surface area contributed by atoms with Crippen molar-refractivity contribution in [1.29, 1.82) is 0 Å². The van der Waals surface area contributed by atoms with E-state index in [2.05, 4.69) is 15.5 Å². The van der Waals surface area contributed by atoms with Gasteiger partial charge in [-0.25, -0.2) is 0 Å². The molecule has 86 valence electrons. The first-order valence-corrected chi connectivity index (χ1v) is 5.51. The highest BCUT2D eigenvalue weighted by Crippen LogP contribution is 2.15. The second kappa shape index (κ2) is 4.67. The highest BCUT2D eigenvalue weighted by atomic mass is 35.5. The van der Waals surface area contributed by atoms with Crippen molar-refractivity contribution in [3.8, 4) is 0 Å². The molecule has 0 saturated heterocycles. The van der Waals surface area contributed by atoms with Gasteiger partial charge in [0.2, 0.25) is 0 Å². The second-order valence-electron chi connectivity index (χ2n) is 3.58. The lowest BCUT2D eigenvalue weighted by atomic mass is 10.2. The summed E-state index contributed by atoms with van der Waals surface area (Å²) in [6.45, 7) is 0.426. The molecule has 2 N–H and O–H groups in total. The number of hydrogen-bond acceptors (Lipinski definition) is 4. The first-order chi connectivity index (χ1) is 7.69. The fourth-order valence-electron chi connectivity index (χ4n) is 1.42. The van der Waals surface area contributed by atoms with Gasteiger partial charge in [0.15, 0.2) is 0 Å². The van der Waals surface area contributed by atoms with E-state index in [1.54, 1.807) is 7.05 Å². The molecule has 1 aromatic heterocycles. The number of aliphatic hydroxyl groups is 1. The number of rotatable bonds is 4. The molecule has 0 aliphatic carbocycles. The summed E-state index contributed by atoms with van der Waals surface area (Å²) in [6.07, 6.45) is -0.542. The zero-order valence-electron chi connectivity index (χ0n) is 8.89. The van der Waals surface area contributed by atoms with Crippen LogP contribution in [0.3, 0.4) is 0 Å². The number of nitrogens with one attached hydrogen (secondary N) is 1. The number of alkyl halides is 1. The first kappa shape index (κ1) is 11.2. The van der Waals surface area contributed by atoms with E-state index in [0.29, 0.717) is 6.54 Å². The van der Waals surface area contributed by atoms with Gasteiger partial charge in [0.25, 0.3) is 0 Å². The molecule has 0 aliphatic heterocycles. The zero-order valence-corrected chi connectivity index (χ0v) is 9.65. The average Bonchev–Trinajstić information content (AvgIpc) is 2.65. The molecular weight excluding hydrogens is 228 g/mol. The molecule has 16 heavy (non-hydrogen) atoms. The molecule has 0 aliphatic rings. The van der Waals surface area contributed by atoms with Gasteiger partial charge in [0.1, 0.15) is 11.0 Å². The van der Waals surface area contributed by atoms with Gasteiger partial charge in [-0.1, -0.05) is 0 Å². The average molecular weight is 241 g/mol. The summed E-state index contributed by atoms with van der Waals surface area (Å²) < 4.78 is 0. The minimum atomic E-state index is -0.542. The molecule has 0 fully saturated rings. The maximum absolute atomic E-state index is 9.31. The summed E-state index contributed by atoms with van der Waals surface area (Å²) in [5.41, 5.74) is 2.58. The monoisotopic (exact) mass is 240 g/mol. The summed E-state index contributed by atoms with van der Waals surface area (Å²) in [5.74, 6) is 0.223. The number of aliphatic hydroxyl groups excluding tert-OH is 1. The number of aromatic nitrogens is 3. The van der Waals surface area contributed by atoms with E-state index < -0.39 is 6.10 Å². The normalized spacial score (nSPS) is 12.9. The van der Waals surface area contributed by atoms with E-state index in [9.17, 15) is 5.11 Å². The molecule has 0 bridgehead atoms. The third-order valence-electron chi connectivity index (χ3n) is 2.20. The predicted molar refractivity (Wildman–Crippen MR) is 63.7 cm³/mol. The molecule has 2 rings (SSSR count). The molecule has 1 unspecified atom stereocenters. The minimum Gasteiger partial charge on any atom is -0.390 e. The van der Waals surface area contributed by atoms with Crippen molar-refractivity contribution < 1.29 is 5.11 Å². The van der Waals surface area contributed by atoms with Crippen molar-refractivity contribution >= 4 is 28.3 Å². The van der Waals surface area contributed by atoms with Crippen LogP contribution in [-0.4, -0.2) is 38.6 Å². The van der Waals surface area contributed by atoms with E-state index in [1.165, 1.54) is 4.80 Å². The Hall–Kier alpha value is -1.33. The molecule has 1 aromatic carbocycles. The predicted octanol–water partition coefficient (Wildman–Crippen LogP) is 0.980. The van der Waals surface area contributed by atoms with Crippen LogP contribution in [0.25, 0.3) is 11.0 Å². The van der Waals surface area contributed by atoms with Gasteiger partial charge in [-0.3, -0.25) is 0 Å². The van der Waals surface area contributed by atoms with Crippen LogP contribution in [-0.2, 0) is 7.05 Å². The zero-order chi connectivity index (χ0) is 11.5. The van der Waals surface area contributed by atoms with Crippen molar-refractivity contribution in [2.45, 2.75) is 6.10 Å². The summed E-state index contributed by atoms with van der Waals surface area (Å²) in [5, 5.41) is 20.8. The van der Waals surface area contributed by atoms with Gasteiger partial charge in [0.05, 0.1) is 12.0 Å². The van der Waals surface area contributed by atoms with Crippen LogP contribution in [0.15, 0.2) is 18.2 Å². The molecular formula is C10H13ClN4O. The van der Waals surface area contributed by atoms with Crippen molar-refractivity contribution in [3.63, 3.8) is 0 Å². The molecule has 5 nitrogen and oxygen atoms in total. The van der Waals surface area contributed by atoms with Crippen LogP contribution in [0.4, 0.5) is 5.69 Å². The molecule has 0 spiro atoms. The third kappa shape index (κ3) is 2.43. The number of aryl methyl sites for hydroxylation is 1. The Morgan fingerprint density at radius 2 is 2.19 bits per heavy atom. The van der Waals surface area contributed by atoms with Crippen molar-refractivity contribution in [2.75, 3.05) is 17.7 Å². The number of hydrogen-bond donors (Lipinski definition) is 2. The van der Waals surface area contributed by atoms with Crippen LogP contribution in [0.5, 0.6) is 0 Å². The first-order valence-electron chi connectivity index (χ1n) is 4.98. The van der Waals surface area contributed by atoms with Crippen molar-refractivity contribution in [2.24, 2.45) is 7.05 Å². The number of anilines is 1. The van der Waals surface area contributed by atoms with E-state index in [1.807, 2.05) is 18.2 Å². The maximum atomic E-state index is 9.31. The lowest BCUT2D eigenvalue weighted by molar-refractivity contribution is 0.211. The quantitative estimate of drug-likeness (QED) is 0.782. The smallest absolute Gasteiger partial charge is 0.115 e. The second-order valence-corrected chi connectivity index (χ2v) is 3.89. The van der Waals surface area contributed by atoms with Crippen LogP contribution < -0.4 is 5.32 Å². The summed E-state index contributed by atoms with van der Waals surface area (Å²) in [4.78, 5) is 1.53. The van der Waals surface area contributed by atoms with Gasteiger partial charge < -0.3 is 10.4 Å². The molecule has 0 amide bonds. The van der Waals surface area contributed by atoms with Gasteiger partial charge in [-0.05, 0) is 18.2 Å². The SMILES string of the molecule is Cn1nc2ccc(NCC(O)CCl)cc2n1. The Kier molecular flexibility index (Phi) is 3.26. The van der Waals surface area contributed by atoms with Gasteiger partial charge in [-0.2, -0.15) is 15.0 Å². The summed E-state index contributed by atoms with van der Waals surface area (Å²) >= 11 is 5.50. The standard InChI is InChI=1S/C10H13ClN4O/c1-15-13-9-3-2-7(4-10(9)14-15)12-6-8(16)5-11/h2-4,8,12,16H,5-6H2,1H3. The van der Waals surface area contributed by atoms with Crippen molar-refractivity contribution in [1.82, 2.24) is 15.0 Å². The van der Waals surface area contributed by atoms with E-state index in [0.717, 1.165) is 16.7 Å². The third-order valence-corrected chi connectivity index (χ3v) is 2.56. The number of fused-ring (bicyclic) bond motifs is 1. The highest BCUT2D eigenvalue weighted by molar-refractivity contribution is 6.18. The Labute approximate surface area is 98.0 Å². The van der Waals surface area contributed by atoms with Crippen LogP contribution in [0, 0.1) is 0 Å². The number of nitrogens with zero attached hydrogens (tertiary/aromatic N) is 3. The molecule has 1 heterocycles. The largest absolute Gasteiger partial charge is 0.390 e. The molecule has 1 atom stereocenters. The van der Waals surface area contributed by atoms with Gasteiger partial charge >= 0.3 is 0 Å². The Balaban J connectivity index is 2.13. The lowest BCUT2D eigenvalue weighted by Crippen LogP contribution is -2.20. The Morgan fingerprint density at radius 3 is 2.94 bits per heavy atom. The highest BCUT2D eigenvalue weighted by Gasteiger charge is 2.04. The van der Waals surface area contributed by atoms with Crippen LogP contribution >= 0.6 is 11.6 Å². The summed E-state index contributed by atoms with van der Waals surface area (Å²) in [7, 11) is 1.78. The lowest BCUT2D eigenvalue weighted by Gasteiger charge is -2.09. The van der Waals surface area contributed by atoms with E-state index in [-0.39, 0.29) is 5.88 Å². The number of halogens is 1. The Morgan fingerprint density at radius 1 is 1.44 bits per heavy atom. The minimum absolute atomic E-state index is 0.223. The van der Waals surface area contributed by atoms with Crippen molar-refractivity contribution in [3.05, 3.63) is 18.2 Å². The number of benzene rings is 1. The van der Waals surface area contributed by atoms with E-state index >= 15 is 0 Å². The van der Waals surface area contributed by atoms with Gasteiger partial charge in [-0.15, -0.1) is 11.6 Å². The Bertz CT molecular complexity index is 485. The molecule has 6 heteroatoms. The topological polar surface area (TPSA) is 63.0 Å². The maximum Gasteiger partial charge on any atom is 0.115 e. The molecule has 2 aromatic rings. The fraction of sp³-hybridized carbons (Fsp3) is 0.400. The van der Waals surface area contributed by atoms with E-state index in [4.69, 9.17) is 11.6 Å². The fourth-order valence-corrected chi connectivity index (χ4v) is 1.53.